The number of hydrogen-bond acceptors (Lipinski definition) is 5. The lowest BCUT2D eigenvalue weighted by Gasteiger charge is -2.20. The van der Waals surface area contributed by atoms with E-state index in [1.807, 2.05) is 42.5 Å². The van der Waals surface area contributed by atoms with Crippen LogP contribution in [-0.4, -0.2) is 24.5 Å². The number of rotatable bonds is 7. The van der Waals surface area contributed by atoms with Gasteiger partial charge in [-0.3, -0.25) is 9.78 Å². The van der Waals surface area contributed by atoms with Gasteiger partial charge in [0.05, 0.1) is 0 Å². The van der Waals surface area contributed by atoms with Gasteiger partial charge in [-0.05, 0) is 88.3 Å². The number of carbonyl (C=O) groups is 1. The number of hydrogen-bond donors (Lipinski definition) is 0. The van der Waals surface area contributed by atoms with Crippen molar-refractivity contribution in [2.45, 2.75) is 13.5 Å². The lowest BCUT2D eigenvalue weighted by atomic mass is 9.92. The normalized spacial score (nSPS) is 12.1. The quantitative estimate of drug-likeness (QED) is 0.210. The molecule has 6 rings (SSSR count). The van der Waals surface area contributed by atoms with Crippen LogP contribution in [0.4, 0.5) is 0 Å². The van der Waals surface area contributed by atoms with Crippen LogP contribution < -0.4 is 14.2 Å². The first kappa shape index (κ1) is 24.4. The molecule has 5 heteroatoms. The maximum Gasteiger partial charge on any atom is 0.161 e. The second kappa shape index (κ2) is 10.8. The van der Waals surface area contributed by atoms with Gasteiger partial charge in [0.1, 0.15) is 25.6 Å². The Labute approximate surface area is 227 Å². The number of benzene rings is 4. The zero-order valence-corrected chi connectivity index (χ0v) is 21.6. The molecule has 0 N–H and O–H groups in total. The smallest absolute Gasteiger partial charge is 0.161 e. The Kier molecular flexibility index (Phi) is 6.79. The predicted octanol–water partition coefficient (Wildman–Crippen LogP) is 7.55. The summed E-state index contributed by atoms with van der Waals surface area (Å²) >= 11 is 0. The van der Waals surface area contributed by atoms with E-state index in [2.05, 4.69) is 54.4 Å². The largest absolute Gasteiger partial charge is 0.489 e. The molecule has 0 bridgehead atoms. The van der Waals surface area contributed by atoms with E-state index >= 15 is 0 Å². The average Bonchev–Trinajstić information content (AvgIpc) is 3.00. The molecule has 192 valence electrons. The lowest BCUT2D eigenvalue weighted by Crippen LogP contribution is -2.15. The maximum absolute atomic E-state index is 11.8. The van der Waals surface area contributed by atoms with Crippen molar-refractivity contribution in [1.82, 2.24) is 4.98 Å². The highest BCUT2D eigenvalue weighted by molar-refractivity contribution is 5.88. The van der Waals surface area contributed by atoms with Gasteiger partial charge in [0.25, 0.3) is 0 Å². The summed E-state index contributed by atoms with van der Waals surface area (Å²) in [5.41, 5.74) is 9.06. The van der Waals surface area contributed by atoms with Gasteiger partial charge >= 0.3 is 0 Å². The maximum atomic E-state index is 11.8. The van der Waals surface area contributed by atoms with E-state index in [0.29, 0.717) is 31.1 Å². The van der Waals surface area contributed by atoms with Crippen LogP contribution in [0.1, 0.15) is 21.5 Å². The molecular formula is C34H27NO4. The molecule has 1 aliphatic rings. The number of aldehydes is 1. The lowest BCUT2D eigenvalue weighted by molar-refractivity contribution is 0.112. The van der Waals surface area contributed by atoms with Gasteiger partial charge in [-0.25, -0.2) is 0 Å². The molecular weight excluding hydrogens is 486 g/mol. The zero-order chi connectivity index (χ0) is 26.6. The van der Waals surface area contributed by atoms with E-state index in [1.54, 1.807) is 18.5 Å². The number of aromatic nitrogens is 1. The highest BCUT2D eigenvalue weighted by Crippen LogP contribution is 2.38. The van der Waals surface area contributed by atoms with Gasteiger partial charge in [0.15, 0.2) is 17.8 Å². The third-order valence-corrected chi connectivity index (χ3v) is 6.95. The summed E-state index contributed by atoms with van der Waals surface area (Å²) in [6, 6.07) is 30.2. The highest BCUT2D eigenvalue weighted by Gasteiger charge is 2.15. The van der Waals surface area contributed by atoms with Crippen molar-refractivity contribution in [1.29, 1.82) is 0 Å². The molecule has 0 spiro atoms. The van der Waals surface area contributed by atoms with E-state index in [-0.39, 0.29) is 0 Å². The van der Waals surface area contributed by atoms with Crippen molar-refractivity contribution in [2.24, 2.45) is 0 Å². The first-order chi connectivity index (χ1) is 19.2. The Morgan fingerprint density at radius 1 is 0.769 bits per heavy atom. The summed E-state index contributed by atoms with van der Waals surface area (Å²) in [6.07, 6.45) is 4.32. The Morgan fingerprint density at radius 3 is 2.33 bits per heavy atom. The molecule has 0 fully saturated rings. The summed E-state index contributed by atoms with van der Waals surface area (Å²) in [4.78, 5) is 15.9. The molecule has 0 unspecified atom stereocenters. The van der Waals surface area contributed by atoms with Crippen molar-refractivity contribution in [3.05, 3.63) is 120 Å². The highest BCUT2D eigenvalue weighted by atomic mass is 16.6. The van der Waals surface area contributed by atoms with E-state index in [1.165, 1.54) is 5.56 Å². The Hall–Kier alpha value is -4.90. The van der Waals surface area contributed by atoms with Crippen molar-refractivity contribution < 1.29 is 19.0 Å². The fraction of sp³-hybridized carbons (Fsp3) is 0.118. The number of fused-ring (bicyclic) bond motifs is 1. The third kappa shape index (κ3) is 5.12. The van der Waals surface area contributed by atoms with Gasteiger partial charge in [-0.2, -0.15) is 0 Å². The molecule has 0 amide bonds. The van der Waals surface area contributed by atoms with Crippen molar-refractivity contribution in [3.63, 3.8) is 0 Å². The molecule has 0 saturated heterocycles. The minimum atomic E-state index is 0.388. The Balaban J connectivity index is 1.23. The average molecular weight is 514 g/mol. The van der Waals surface area contributed by atoms with E-state index < -0.39 is 0 Å². The molecule has 0 atom stereocenters. The van der Waals surface area contributed by atoms with Crippen LogP contribution in [-0.2, 0) is 6.61 Å². The van der Waals surface area contributed by atoms with Crippen molar-refractivity contribution in [3.8, 4) is 50.6 Å². The topological polar surface area (TPSA) is 57.7 Å². The standard InChI is InChI=1S/C34H27NO4/c1-23-30(8-3-9-31(23)26-10-13-33-34(19-26)38-16-15-37-33)25-6-2-5-24(17-25)22-39-29-11-12-32(28(18-29)21-36)27-7-4-14-35-20-27/h2-14,17-21H,15-16,22H2,1H3. The molecule has 1 aromatic heterocycles. The van der Waals surface area contributed by atoms with Crippen LogP contribution in [0.3, 0.4) is 0 Å². The molecule has 0 saturated carbocycles. The summed E-state index contributed by atoms with van der Waals surface area (Å²) in [6.45, 7) is 3.68. The van der Waals surface area contributed by atoms with Crippen LogP contribution in [0.15, 0.2) is 103 Å². The van der Waals surface area contributed by atoms with Crippen molar-refractivity contribution in [2.75, 3.05) is 13.2 Å². The summed E-state index contributed by atoms with van der Waals surface area (Å²) < 4.78 is 17.6. The minimum absolute atomic E-state index is 0.388. The second-order valence-corrected chi connectivity index (χ2v) is 9.43. The molecule has 5 nitrogen and oxygen atoms in total. The van der Waals surface area contributed by atoms with E-state index in [4.69, 9.17) is 14.2 Å². The summed E-state index contributed by atoms with van der Waals surface area (Å²) in [7, 11) is 0. The molecule has 5 aromatic rings. The van der Waals surface area contributed by atoms with Gasteiger partial charge in [0.2, 0.25) is 0 Å². The molecule has 0 radical (unpaired) electrons. The van der Waals surface area contributed by atoms with Gasteiger partial charge in [-0.1, -0.05) is 48.5 Å². The SMILES string of the molecule is Cc1c(-c2cccc(COc3ccc(-c4cccnc4)c(C=O)c3)c2)cccc1-c1ccc2c(c1)OCCO2. The van der Waals surface area contributed by atoms with Crippen molar-refractivity contribution >= 4 is 6.29 Å². The first-order valence-corrected chi connectivity index (χ1v) is 12.9. The summed E-state index contributed by atoms with van der Waals surface area (Å²) in [5, 5.41) is 0. The molecule has 39 heavy (non-hydrogen) atoms. The molecule has 2 heterocycles. The Morgan fingerprint density at radius 2 is 1.54 bits per heavy atom. The van der Waals surface area contributed by atoms with Gasteiger partial charge in [-0.15, -0.1) is 0 Å². The number of carbonyl (C=O) groups excluding carboxylic acids is 1. The van der Waals surface area contributed by atoms with E-state index in [0.717, 1.165) is 56.7 Å². The second-order valence-electron chi connectivity index (χ2n) is 9.43. The monoisotopic (exact) mass is 513 g/mol. The van der Waals surface area contributed by atoms with Crippen LogP contribution >= 0.6 is 0 Å². The fourth-order valence-corrected chi connectivity index (χ4v) is 4.98. The molecule has 4 aromatic carbocycles. The Bertz CT molecular complexity index is 1650. The van der Waals surface area contributed by atoms with E-state index in [9.17, 15) is 4.79 Å². The van der Waals surface area contributed by atoms with Crippen LogP contribution in [0.25, 0.3) is 33.4 Å². The zero-order valence-electron chi connectivity index (χ0n) is 21.6. The van der Waals surface area contributed by atoms with Gasteiger partial charge in [0, 0.05) is 23.5 Å². The van der Waals surface area contributed by atoms with Crippen LogP contribution in [0.2, 0.25) is 0 Å². The molecule has 1 aliphatic heterocycles. The van der Waals surface area contributed by atoms with Crippen LogP contribution in [0.5, 0.6) is 17.2 Å². The predicted molar refractivity (Wildman–Crippen MR) is 152 cm³/mol. The molecule has 0 aliphatic carbocycles. The number of pyridine rings is 1. The fourth-order valence-electron chi connectivity index (χ4n) is 4.98. The first-order valence-electron chi connectivity index (χ1n) is 12.9. The number of ether oxygens (including phenoxy) is 3. The minimum Gasteiger partial charge on any atom is -0.489 e. The van der Waals surface area contributed by atoms with Crippen LogP contribution in [0, 0.1) is 6.92 Å². The summed E-state index contributed by atoms with van der Waals surface area (Å²) in [5.74, 6) is 2.22. The number of nitrogens with zero attached hydrogens (tertiary/aromatic N) is 1. The third-order valence-electron chi connectivity index (χ3n) is 6.95. The van der Waals surface area contributed by atoms with Gasteiger partial charge < -0.3 is 14.2 Å².